The topological polar surface area (TPSA) is 69.7 Å². The van der Waals surface area contributed by atoms with Gasteiger partial charge in [-0.1, -0.05) is 30.7 Å². The summed E-state index contributed by atoms with van der Waals surface area (Å²) in [7, 11) is 0. The molecule has 2 saturated heterocycles. The van der Waals surface area contributed by atoms with Crippen LogP contribution in [0.15, 0.2) is 48.5 Å². The van der Waals surface area contributed by atoms with E-state index in [0.717, 1.165) is 37.2 Å². The molecule has 1 N–H and O–H groups in total. The van der Waals surface area contributed by atoms with E-state index >= 15 is 0 Å². The number of hydrogen-bond acceptors (Lipinski definition) is 3. The number of carbonyl (C=O) groups is 3. The summed E-state index contributed by atoms with van der Waals surface area (Å²) in [4.78, 5) is 41.9. The van der Waals surface area contributed by atoms with E-state index < -0.39 is 0 Å². The van der Waals surface area contributed by atoms with Crippen LogP contribution in [-0.2, 0) is 9.59 Å². The van der Waals surface area contributed by atoms with Gasteiger partial charge in [0.1, 0.15) is 0 Å². The Kier molecular flexibility index (Phi) is 6.07. The summed E-state index contributed by atoms with van der Waals surface area (Å²) in [5.74, 6) is -0.0279. The lowest BCUT2D eigenvalue weighted by atomic mass is 9.98. The first-order chi connectivity index (χ1) is 14.9. The molecular formula is C25H29N3O3. The number of carbonyl (C=O) groups excluding carboxylic acids is 3. The molecule has 0 saturated carbocycles. The Morgan fingerprint density at radius 3 is 2.58 bits per heavy atom. The molecule has 3 amide bonds. The largest absolute Gasteiger partial charge is 0.342 e. The molecule has 6 nitrogen and oxygen atoms in total. The molecule has 2 aromatic carbocycles. The minimum Gasteiger partial charge on any atom is -0.342 e. The van der Waals surface area contributed by atoms with E-state index in [4.69, 9.17) is 0 Å². The van der Waals surface area contributed by atoms with Crippen molar-refractivity contribution in [2.24, 2.45) is 11.8 Å². The van der Waals surface area contributed by atoms with Crippen LogP contribution in [0.2, 0.25) is 0 Å². The summed E-state index contributed by atoms with van der Waals surface area (Å²) in [6.45, 7) is 6.08. The molecule has 31 heavy (non-hydrogen) atoms. The Morgan fingerprint density at radius 1 is 1.06 bits per heavy atom. The molecule has 162 valence electrons. The molecule has 2 atom stereocenters. The molecule has 0 aliphatic carbocycles. The number of benzene rings is 2. The molecule has 4 rings (SSSR count). The van der Waals surface area contributed by atoms with Crippen molar-refractivity contribution in [2.75, 3.05) is 29.9 Å². The van der Waals surface area contributed by atoms with Crippen LogP contribution in [-0.4, -0.2) is 42.3 Å². The molecule has 6 heteroatoms. The van der Waals surface area contributed by atoms with E-state index in [9.17, 15) is 14.4 Å². The third kappa shape index (κ3) is 4.79. The van der Waals surface area contributed by atoms with Gasteiger partial charge in [-0.05, 0) is 56.0 Å². The van der Waals surface area contributed by atoms with Gasteiger partial charge in [0.15, 0.2) is 0 Å². The first kappa shape index (κ1) is 21.1. The lowest BCUT2D eigenvalue weighted by molar-refractivity contribution is -0.137. The summed E-state index contributed by atoms with van der Waals surface area (Å²) in [6.07, 6.45) is 2.40. The van der Waals surface area contributed by atoms with Gasteiger partial charge in [0.25, 0.3) is 5.91 Å². The number of hydrogen-bond donors (Lipinski definition) is 1. The van der Waals surface area contributed by atoms with Crippen LogP contribution in [0.3, 0.4) is 0 Å². The van der Waals surface area contributed by atoms with E-state index in [1.807, 2.05) is 42.2 Å². The second-order valence-corrected chi connectivity index (χ2v) is 8.81. The summed E-state index contributed by atoms with van der Waals surface area (Å²) >= 11 is 0. The highest BCUT2D eigenvalue weighted by Crippen LogP contribution is 2.28. The normalized spacial score (nSPS) is 21.3. The molecule has 2 aliphatic heterocycles. The molecular weight excluding hydrogens is 390 g/mol. The van der Waals surface area contributed by atoms with Crippen LogP contribution in [0.4, 0.5) is 11.4 Å². The second kappa shape index (κ2) is 8.92. The van der Waals surface area contributed by atoms with Crippen molar-refractivity contribution in [3.05, 3.63) is 59.7 Å². The average Bonchev–Trinajstić information content (AvgIpc) is 3.16. The van der Waals surface area contributed by atoms with Crippen molar-refractivity contribution in [1.29, 1.82) is 0 Å². The molecule has 2 aliphatic rings. The minimum absolute atomic E-state index is 0.0699. The first-order valence-corrected chi connectivity index (χ1v) is 11.0. The van der Waals surface area contributed by atoms with Crippen LogP contribution in [0, 0.1) is 18.8 Å². The Morgan fingerprint density at radius 2 is 1.84 bits per heavy atom. The van der Waals surface area contributed by atoms with E-state index in [1.165, 1.54) is 0 Å². The van der Waals surface area contributed by atoms with Crippen molar-refractivity contribution >= 4 is 29.1 Å². The zero-order chi connectivity index (χ0) is 22.0. The summed E-state index contributed by atoms with van der Waals surface area (Å²) in [6, 6.07) is 14.6. The summed E-state index contributed by atoms with van der Waals surface area (Å²) in [5.41, 5.74) is 2.98. The SMILES string of the molecule is Cc1ccc(NC(=O)c2cccc(N3C[C@@H](C(=O)N4CCC[C@@H](C)C4)CC3=O)c2)cc1. The van der Waals surface area contributed by atoms with Gasteiger partial charge < -0.3 is 15.1 Å². The van der Waals surface area contributed by atoms with Crippen LogP contribution in [0.1, 0.15) is 42.1 Å². The summed E-state index contributed by atoms with van der Waals surface area (Å²) in [5, 5.41) is 2.89. The Balaban J connectivity index is 1.44. The van der Waals surface area contributed by atoms with Crippen LogP contribution < -0.4 is 10.2 Å². The Labute approximate surface area is 183 Å². The molecule has 0 spiro atoms. The van der Waals surface area contributed by atoms with Gasteiger partial charge in [-0.25, -0.2) is 0 Å². The molecule has 2 fully saturated rings. The number of likely N-dealkylation sites (tertiary alicyclic amines) is 1. The number of nitrogens with one attached hydrogen (secondary N) is 1. The van der Waals surface area contributed by atoms with Gasteiger partial charge in [-0.15, -0.1) is 0 Å². The van der Waals surface area contributed by atoms with E-state index in [-0.39, 0.29) is 30.1 Å². The van der Waals surface area contributed by atoms with Crippen molar-refractivity contribution in [2.45, 2.75) is 33.1 Å². The number of aryl methyl sites for hydroxylation is 1. The van der Waals surface area contributed by atoms with Gasteiger partial charge >= 0.3 is 0 Å². The first-order valence-electron chi connectivity index (χ1n) is 11.0. The van der Waals surface area contributed by atoms with Gasteiger partial charge in [0, 0.05) is 43.0 Å². The van der Waals surface area contributed by atoms with Crippen molar-refractivity contribution in [3.63, 3.8) is 0 Å². The number of nitrogens with zero attached hydrogens (tertiary/aromatic N) is 2. The Hall–Kier alpha value is -3.15. The third-order valence-electron chi connectivity index (χ3n) is 6.17. The maximum absolute atomic E-state index is 13.0. The highest BCUT2D eigenvalue weighted by molar-refractivity contribution is 6.06. The maximum Gasteiger partial charge on any atom is 0.255 e. The summed E-state index contributed by atoms with van der Waals surface area (Å²) < 4.78 is 0. The third-order valence-corrected chi connectivity index (χ3v) is 6.17. The molecule has 2 heterocycles. The highest BCUT2D eigenvalue weighted by atomic mass is 16.2. The predicted octanol–water partition coefficient (Wildman–Crippen LogP) is 3.86. The van der Waals surface area contributed by atoms with Crippen LogP contribution in [0.25, 0.3) is 0 Å². The fourth-order valence-corrected chi connectivity index (χ4v) is 4.43. The zero-order valence-corrected chi connectivity index (χ0v) is 18.1. The predicted molar refractivity (Wildman–Crippen MR) is 121 cm³/mol. The van der Waals surface area contributed by atoms with Gasteiger partial charge in [0.05, 0.1) is 5.92 Å². The molecule has 0 bridgehead atoms. The minimum atomic E-state index is -0.317. The highest BCUT2D eigenvalue weighted by Gasteiger charge is 2.38. The Bertz CT molecular complexity index is 986. The van der Waals surface area contributed by atoms with Crippen molar-refractivity contribution in [1.82, 2.24) is 4.90 Å². The fraction of sp³-hybridized carbons (Fsp3) is 0.400. The smallest absolute Gasteiger partial charge is 0.255 e. The second-order valence-electron chi connectivity index (χ2n) is 8.81. The van der Waals surface area contributed by atoms with Crippen molar-refractivity contribution < 1.29 is 14.4 Å². The average molecular weight is 420 g/mol. The van der Waals surface area contributed by atoms with Gasteiger partial charge in [-0.2, -0.15) is 0 Å². The molecule has 2 aromatic rings. The quantitative estimate of drug-likeness (QED) is 0.818. The number of rotatable bonds is 4. The lowest BCUT2D eigenvalue weighted by Gasteiger charge is -2.32. The molecule has 0 radical (unpaired) electrons. The maximum atomic E-state index is 13.0. The van der Waals surface area contributed by atoms with E-state index in [2.05, 4.69) is 12.2 Å². The number of anilines is 2. The van der Waals surface area contributed by atoms with Gasteiger partial charge in [0.2, 0.25) is 11.8 Å². The van der Waals surface area contributed by atoms with Gasteiger partial charge in [-0.3, -0.25) is 14.4 Å². The zero-order valence-electron chi connectivity index (χ0n) is 18.1. The van der Waals surface area contributed by atoms with E-state index in [0.29, 0.717) is 23.7 Å². The standard InChI is InChI=1S/C25H29N3O3/c1-17-8-10-21(11-9-17)26-24(30)19-6-3-7-22(13-19)28-16-20(14-23(28)29)25(31)27-12-4-5-18(2)15-27/h3,6-11,13,18,20H,4-5,12,14-16H2,1-2H3,(H,26,30)/t18-,20+/m1/s1. The van der Waals surface area contributed by atoms with Crippen molar-refractivity contribution in [3.8, 4) is 0 Å². The van der Waals surface area contributed by atoms with Crippen LogP contribution >= 0.6 is 0 Å². The molecule has 0 unspecified atom stereocenters. The van der Waals surface area contributed by atoms with E-state index in [1.54, 1.807) is 23.1 Å². The fourth-order valence-electron chi connectivity index (χ4n) is 4.43. The lowest BCUT2D eigenvalue weighted by Crippen LogP contribution is -2.43. The molecule has 0 aromatic heterocycles. The number of piperidine rings is 1. The van der Waals surface area contributed by atoms with Crippen LogP contribution in [0.5, 0.6) is 0 Å². The number of amides is 3. The monoisotopic (exact) mass is 419 g/mol.